The Hall–Kier alpha value is -1.36. The maximum Gasteiger partial charge on any atom is 0.242 e. The largest absolute Gasteiger partial charge is 0.352 e. The lowest BCUT2D eigenvalue weighted by molar-refractivity contribution is -0.123. The molecule has 1 fully saturated rings. The van der Waals surface area contributed by atoms with Gasteiger partial charge in [0, 0.05) is 24.8 Å². The lowest BCUT2D eigenvalue weighted by atomic mass is 10.1. The van der Waals surface area contributed by atoms with Crippen LogP contribution in [0.15, 0.2) is 12.4 Å². The fourth-order valence-corrected chi connectivity index (χ4v) is 2.39. The summed E-state index contributed by atoms with van der Waals surface area (Å²) in [7, 11) is 3.65. The van der Waals surface area contributed by atoms with Crippen LogP contribution in [0.1, 0.15) is 37.3 Å². The molecule has 1 heterocycles. The molecule has 0 aromatic carbocycles. The van der Waals surface area contributed by atoms with Gasteiger partial charge in [-0.2, -0.15) is 5.10 Å². The summed E-state index contributed by atoms with van der Waals surface area (Å²) in [6, 6.07) is 0.0549. The lowest BCUT2D eigenvalue weighted by Crippen LogP contribution is -2.40. The molecule has 1 saturated carbocycles. The van der Waals surface area contributed by atoms with Crippen molar-refractivity contribution in [2.45, 2.75) is 37.8 Å². The van der Waals surface area contributed by atoms with Gasteiger partial charge in [-0.05, 0) is 19.9 Å². The lowest BCUT2D eigenvalue weighted by Gasteiger charge is -2.18. The second kappa shape index (κ2) is 5.31. The van der Waals surface area contributed by atoms with Crippen LogP contribution in [0, 0.1) is 0 Å². The highest BCUT2D eigenvalue weighted by atomic mass is 16.2. The van der Waals surface area contributed by atoms with Crippen molar-refractivity contribution in [2.24, 2.45) is 7.05 Å². The summed E-state index contributed by atoms with van der Waals surface area (Å²) in [5.41, 5.74) is 0.908. The van der Waals surface area contributed by atoms with E-state index in [0.717, 1.165) is 18.4 Å². The molecule has 94 valence electrons. The molecule has 0 saturated heterocycles. The molecule has 2 rings (SSSR count). The highest BCUT2D eigenvalue weighted by Gasteiger charge is 2.24. The van der Waals surface area contributed by atoms with Gasteiger partial charge < -0.3 is 10.6 Å². The number of carbonyl (C=O) groups excluding carboxylic acids is 1. The van der Waals surface area contributed by atoms with Crippen molar-refractivity contribution in [1.82, 2.24) is 20.4 Å². The van der Waals surface area contributed by atoms with Crippen LogP contribution in [0.2, 0.25) is 0 Å². The van der Waals surface area contributed by atoms with Gasteiger partial charge in [-0.25, -0.2) is 0 Å². The summed E-state index contributed by atoms with van der Waals surface area (Å²) in [6.45, 7) is 0. The monoisotopic (exact) mass is 236 g/mol. The van der Waals surface area contributed by atoms with E-state index in [4.69, 9.17) is 0 Å². The van der Waals surface area contributed by atoms with E-state index in [2.05, 4.69) is 15.7 Å². The molecular formula is C12H20N4O. The van der Waals surface area contributed by atoms with Gasteiger partial charge in [0.2, 0.25) is 5.91 Å². The third kappa shape index (κ3) is 2.85. The first-order valence-corrected chi connectivity index (χ1v) is 6.17. The zero-order chi connectivity index (χ0) is 12.3. The first-order valence-electron chi connectivity index (χ1n) is 6.17. The van der Waals surface area contributed by atoms with Crippen LogP contribution < -0.4 is 10.6 Å². The van der Waals surface area contributed by atoms with Crippen LogP contribution in [0.25, 0.3) is 0 Å². The summed E-state index contributed by atoms with van der Waals surface area (Å²) in [5, 5.41) is 10.2. The minimum atomic E-state index is -0.302. The van der Waals surface area contributed by atoms with Gasteiger partial charge >= 0.3 is 0 Å². The number of nitrogens with one attached hydrogen (secondary N) is 2. The van der Waals surface area contributed by atoms with Crippen LogP contribution >= 0.6 is 0 Å². The van der Waals surface area contributed by atoms with Gasteiger partial charge in [0.15, 0.2) is 0 Å². The van der Waals surface area contributed by atoms with Crippen LogP contribution in [0.5, 0.6) is 0 Å². The Morgan fingerprint density at radius 1 is 1.53 bits per heavy atom. The molecule has 1 aromatic heterocycles. The first kappa shape index (κ1) is 12.1. The van der Waals surface area contributed by atoms with Crippen molar-refractivity contribution in [1.29, 1.82) is 0 Å². The van der Waals surface area contributed by atoms with E-state index < -0.39 is 0 Å². The number of amides is 1. The zero-order valence-corrected chi connectivity index (χ0v) is 10.4. The molecule has 0 radical (unpaired) electrons. The Morgan fingerprint density at radius 3 is 2.76 bits per heavy atom. The molecule has 0 aliphatic heterocycles. The summed E-state index contributed by atoms with van der Waals surface area (Å²) in [4.78, 5) is 12.1. The average molecular weight is 236 g/mol. The third-order valence-corrected chi connectivity index (χ3v) is 3.31. The van der Waals surface area contributed by atoms with E-state index >= 15 is 0 Å². The van der Waals surface area contributed by atoms with Crippen LogP contribution in [0.3, 0.4) is 0 Å². The van der Waals surface area contributed by atoms with E-state index in [9.17, 15) is 4.79 Å². The summed E-state index contributed by atoms with van der Waals surface area (Å²) in [6.07, 6.45) is 8.26. The van der Waals surface area contributed by atoms with E-state index in [1.54, 1.807) is 17.9 Å². The molecule has 0 bridgehead atoms. The predicted molar refractivity (Wildman–Crippen MR) is 65.4 cm³/mol. The Balaban J connectivity index is 1.99. The normalized spacial score (nSPS) is 18.2. The van der Waals surface area contributed by atoms with Crippen molar-refractivity contribution in [2.75, 3.05) is 7.05 Å². The minimum Gasteiger partial charge on any atom is -0.352 e. The Bertz CT molecular complexity index is 382. The van der Waals surface area contributed by atoms with E-state index in [1.165, 1.54) is 12.8 Å². The topological polar surface area (TPSA) is 59.0 Å². The molecule has 5 nitrogen and oxygen atoms in total. The molecule has 5 heteroatoms. The standard InChI is InChI=1S/C12H20N4O/c1-13-11(9-7-14-16(2)8-9)12(17)15-10-5-3-4-6-10/h7-8,10-11,13H,3-6H2,1-2H3,(H,15,17). The fraction of sp³-hybridized carbons (Fsp3) is 0.667. The van der Waals surface area contributed by atoms with E-state index in [1.807, 2.05) is 13.2 Å². The van der Waals surface area contributed by atoms with E-state index in [-0.39, 0.29) is 11.9 Å². The molecule has 0 spiro atoms. The molecule has 2 N–H and O–H groups in total. The number of carbonyl (C=O) groups is 1. The summed E-state index contributed by atoms with van der Waals surface area (Å²) >= 11 is 0. The van der Waals surface area contributed by atoms with E-state index in [0.29, 0.717) is 6.04 Å². The zero-order valence-electron chi connectivity index (χ0n) is 10.4. The Labute approximate surface area is 102 Å². The smallest absolute Gasteiger partial charge is 0.242 e. The van der Waals surface area contributed by atoms with Gasteiger partial charge in [0.05, 0.1) is 6.20 Å². The molecule has 1 amide bonds. The van der Waals surface area contributed by atoms with Gasteiger partial charge in [0.25, 0.3) is 0 Å². The molecule has 1 aliphatic carbocycles. The van der Waals surface area contributed by atoms with Crippen molar-refractivity contribution in [3.8, 4) is 0 Å². The van der Waals surface area contributed by atoms with Crippen molar-refractivity contribution >= 4 is 5.91 Å². The average Bonchev–Trinajstić information content (AvgIpc) is 2.91. The minimum absolute atomic E-state index is 0.0485. The number of aryl methyl sites for hydroxylation is 1. The van der Waals surface area contributed by atoms with Crippen LogP contribution in [-0.4, -0.2) is 28.8 Å². The maximum absolute atomic E-state index is 12.1. The number of nitrogens with zero attached hydrogens (tertiary/aromatic N) is 2. The molecule has 1 unspecified atom stereocenters. The van der Waals surface area contributed by atoms with Crippen molar-refractivity contribution < 1.29 is 4.79 Å². The van der Waals surface area contributed by atoms with Crippen molar-refractivity contribution in [3.63, 3.8) is 0 Å². The number of aromatic nitrogens is 2. The number of rotatable bonds is 4. The molecule has 1 aliphatic rings. The van der Waals surface area contributed by atoms with Gasteiger partial charge in [0.1, 0.15) is 6.04 Å². The predicted octanol–water partition coefficient (Wildman–Crippen LogP) is 0.739. The third-order valence-electron chi connectivity index (χ3n) is 3.31. The molecule has 1 aromatic rings. The van der Waals surface area contributed by atoms with Crippen LogP contribution in [0.4, 0.5) is 0 Å². The molecule has 1 atom stereocenters. The Kier molecular flexibility index (Phi) is 3.78. The second-order valence-corrected chi connectivity index (χ2v) is 4.66. The van der Waals surface area contributed by atoms with Crippen LogP contribution in [-0.2, 0) is 11.8 Å². The quantitative estimate of drug-likeness (QED) is 0.810. The summed E-state index contributed by atoms with van der Waals surface area (Å²) in [5.74, 6) is 0.0485. The first-order chi connectivity index (χ1) is 8.20. The molecular weight excluding hydrogens is 216 g/mol. The summed E-state index contributed by atoms with van der Waals surface area (Å²) < 4.78 is 1.71. The second-order valence-electron chi connectivity index (χ2n) is 4.66. The maximum atomic E-state index is 12.1. The Morgan fingerprint density at radius 2 is 2.24 bits per heavy atom. The number of hydrogen-bond acceptors (Lipinski definition) is 3. The highest BCUT2D eigenvalue weighted by molar-refractivity contribution is 5.83. The number of likely N-dealkylation sites (N-methyl/N-ethyl adjacent to an activating group) is 1. The molecule has 17 heavy (non-hydrogen) atoms. The van der Waals surface area contributed by atoms with Gasteiger partial charge in [-0.1, -0.05) is 12.8 Å². The van der Waals surface area contributed by atoms with Gasteiger partial charge in [-0.15, -0.1) is 0 Å². The van der Waals surface area contributed by atoms with Gasteiger partial charge in [-0.3, -0.25) is 9.48 Å². The fourth-order valence-electron chi connectivity index (χ4n) is 2.39. The number of hydrogen-bond donors (Lipinski definition) is 2. The SMILES string of the molecule is CNC(C(=O)NC1CCCC1)c1cnn(C)c1. The highest BCUT2D eigenvalue weighted by Crippen LogP contribution is 2.19. The van der Waals surface area contributed by atoms with Crippen molar-refractivity contribution in [3.05, 3.63) is 18.0 Å².